The molecule has 0 bridgehead atoms. The lowest BCUT2D eigenvalue weighted by atomic mass is 10.1. The van der Waals surface area contributed by atoms with Crippen molar-refractivity contribution >= 4 is 5.91 Å². The molecule has 27 heavy (non-hydrogen) atoms. The summed E-state index contributed by atoms with van der Waals surface area (Å²) < 4.78 is 17.7. The number of nitrogens with zero attached hydrogens (tertiary/aromatic N) is 4. The van der Waals surface area contributed by atoms with Gasteiger partial charge < -0.3 is 19.5 Å². The van der Waals surface area contributed by atoms with Gasteiger partial charge in [-0.15, -0.1) is 5.10 Å². The molecule has 0 fully saturated rings. The van der Waals surface area contributed by atoms with Gasteiger partial charge in [0, 0.05) is 6.07 Å². The molecule has 1 amide bonds. The Morgan fingerprint density at radius 3 is 3.00 bits per heavy atom. The van der Waals surface area contributed by atoms with E-state index in [0.717, 1.165) is 11.3 Å². The summed E-state index contributed by atoms with van der Waals surface area (Å²) in [6.45, 7) is 2.01. The van der Waals surface area contributed by atoms with Gasteiger partial charge in [0.05, 0.1) is 11.7 Å². The average Bonchev–Trinajstić information content (AvgIpc) is 3.37. The van der Waals surface area contributed by atoms with Crippen molar-refractivity contribution in [2.45, 2.75) is 13.0 Å². The van der Waals surface area contributed by atoms with Gasteiger partial charge >= 0.3 is 0 Å². The maximum atomic E-state index is 12.2. The minimum atomic E-state index is -0.229. The van der Waals surface area contributed by atoms with Crippen LogP contribution >= 0.6 is 0 Å². The third-order valence-electron chi connectivity index (χ3n) is 4.08. The molecule has 1 aliphatic heterocycles. The van der Waals surface area contributed by atoms with Crippen molar-refractivity contribution < 1.29 is 19.0 Å². The standard InChI is InChI=1S/C18H17N5O4/c1-12(13-5-6-16-17(7-13)27-11-26-16)20-18(24)9-25-15-4-2-3-14(8-15)23-10-19-21-22-23/h2-8,10,12H,9,11H2,1H3,(H,20,24). The molecule has 0 aliphatic carbocycles. The van der Waals surface area contributed by atoms with E-state index in [1.165, 1.54) is 11.0 Å². The van der Waals surface area contributed by atoms with E-state index in [0.29, 0.717) is 17.2 Å². The molecule has 0 saturated carbocycles. The van der Waals surface area contributed by atoms with E-state index < -0.39 is 0 Å². The van der Waals surface area contributed by atoms with Gasteiger partial charge in [0.25, 0.3) is 5.91 Å². The fourth-order valence-electron chi connectivity index (χ4n) is 2.69. The van der Waals surface area contributed by atoms with Gasteiger partial charge in [0.1, 0.15) is 12.1 Å². The zero-order valence-corrected chi connectivity index (χ0v) is 14.5. The summed E-state index contributed by atoms with van der Waals surface area (Å²) in [5.74, 6) is 1.72. The number of fused-ring (bicyclic) bond motifs is 1. The monoisotopic (exact) mass is 367 g/mol. The number of hydrogen-bond acceptors (Lipinski definition) is 7. The molecule has 0 spiro atoms. The first-order chi connectivity index (χ1) is 13.2. The molecule has 3 aromatic rings. The van der Waals surface area contributed by atoms with E-state index in [4.69, 9.17) is 14.2 Å². The second-order valence-electron chi connectivity index (χ2n) is 5.94. The van der Waals surface area contributed by atoms with Crippen LogP contribution in [0.3, 0.4) is 0 Å². The number of benzene rings is 2. The summed E-state index contributed by atoms with van der Waals surface area (Å²) >= 11 is 0. The van der Waals surface area contributed by atoms with Crippen LogP contribution in [-0.4, -0.2) is 39.5 Å². The fraction of sp³-hybridized carbons (Fsp3) is 0.222. The first-order valence-electron chi connectivity index (χ1n) is 8.34. The van der Waals surface area contributed by atoms with Crippen molar-refractivity contribution in [1.29, 1.82) is 0 Å². The van der Waals surface area contributed by atoms with Crippen LogP contribution in [-0.2, 0) is 4.79 Å². The molecule has 9 heteroatoms. The molecule has 1 aromatic heterocycles. The molecule has 1 atom stereocenters. The minimum Gasteiger partial charge on any atom is -0.484 e. The van der Waals surface area contributed by atoms with Gasteiger partial charge in [-0.3, -0.25) is 4.79 Å². The molecule has 1 aliphatic rings. The Kier molecular flexibility index (Phi) is 4.56. The van der Waals surface area contributed by atoms with E-state index in [1.54, 1.807) is 18.2 Å². The van der Waals surface area contributed by atoms with Crippen LogP contribution in [0.25, 0.3) is 5.69 Å². The van der Waals surface area contributed by atoms with Gasteiger partial charge in [-0.25, -0.2) is 4.68 Å². The third-order valence-corrected chi connectivity index (χ3v) is 4.08. The molecule has 0 radical (unpaired) electrons. The zero-order valence-electron chi connectivity index (χ0n) is 14.5. The van der Waals surface area contributed by atoms with Crippen molar-refractivity contribution in [2.75, 3.05) is 13.4 Å². The topological polar surface area (TPSA) is 100 Å². The van der Waals surface area contributed by atoms with Gasteiger partial charge in [-0.05, 0) is 47.2 Å². The van der Waals surface area contributed by atoms with Crippen LogP contribution in [0.1, 0.15) is 18.5 Å². The Balaban J connectivity index is 1.34. The Bertz CT molecular complexity index is 945. The highest BCUT2D eigenvalue weighted by Gasteiger charge is 2.17. The smallest absolute Gasteiger partial charge is 0.258 e. The average molecular weight is 367 g/mol. The number of carbonyl (C=O) groups excluding carboxylic acids is 1. The number of amides is 1. The zero-order chi connectivity index (χ0) is 18.6. The highest BCUT2D eigenvalue weighted by molar-refractivity contribution is 5.78. The quantitative estimate of drug-likeness (QED) is 0.707. The second kappa shape index (κ2) is 7.32. The Morgan fingerprint density at radius 2 is 2.15 bits per heavy atom. The minimum absolute atomic E-state index is 0.103. The predicted molar refractivity (Wildman–Crippen MR) is 93.8 cm³/mol. The molecule has 2 heterocycles. The number of ether oxygens (including phenoxy) is 3. The number of aromatic nitrogens is 4. The number of carbonyl (C=O) groups is 1. The molecule has 138 valence electrons. The summed E-state index contributed by atoms with van der Waals surface area (Å²) in [5, 5.41) is 13.9. The van der Waals surface area contributed by atoms with E-state index in [1.807, 2.05) is 31.2 Å². The Hall–Kier alpha value is -3.62. The van der Waals surface area contributed by atoms with Crippen LogP contribution in [0.2, 0.25) is 0 Å². The van der Waals surface area contributed by atoms with Crippen LogP contribution in [0.4, 0.5) is 0 Å². The highest BCUT2D eigenvalue weighted by atomic mass is 16.7. The molecule has 2 aromatic carbocycles. The second-order valence-corrected chi connectivity index (χ2v) is 5.94. The molecule has 1 N–H and O–H groups in total. The Labute approximate surface area is 154 Å². The number of hydrogen-bond donors (Lipinski definition) is 1. The summed E-state index contributed by atoms with van der Waals surface area (Å²) in [4.78, 5) is 12.2. The normalized spacial score (nSPS) is 13.2. The third kappa shape index (κ3) is 3.81. The lowest BCUT2D eigenvalue weighted by molar-refractivity contribution is -0.123. The molecule has 4 rings (SSSR count). The summed E-state index contributed by atoms with van der Waals surface area (Å²) in [7, 11) is 0. The maximum absolute atomic E-state index is 12.2. The van der Waals surface area contributed by atoms with Crippen LogP contribution < -0.4 is 19.5 Å². The molecular weight excluding hydrogens is 350 g/mol. The van der Waals surface area contributed by atoms with Crippen molar-refractivity contribution in [3.05, 3.63) is 54.4 Å². The highest BCUT2D eigenvalue weighted by Crippen LogP contribution is 2.34. The molecule has 1 unspecified atom stereocenters. The van der Waals surface area contributed by atoms with Crippen molar-refractivity contribution in [3.63, 3.8) is 0 Å². The van der Waals surface area contributed by atoms with Crippen molar-refractivity contribution in [3.8, 4) is 22.9 Å². The van der Waals surface area contributed by atoms with E-state index in [-0.39, 0.29) is 25.3 Å². The van der Waals surface area contributed by atoms with Crippen molar-refractivity contribution in [1.82, 2.24) is 25.5 Å². The molecular formula is C18H17N5O4. The largest absolute Gasteiger partial charge is 0.484 e. The van der Waals surface area contributed by atoms with Gasteiger partial charge in [0.2, 0.25) is 6.79 Å². The summed E-state index contributed by atoms with van der Waals surface area (Å²) in [6, 6.07) is 12.6. The maximum Gasteiger partial charge on any atom is 0.258 e. The lowest BCUT2D eigenvalue weighted by Gasteiger charge is -2.15. The van der Waals surface area contributed by atoms with E-state index in [2.05, 4.69) is 20.8 Å². The van der Waals surface area contributed by atoms with Crippen LogP contribution in [0.5, 0.6) is 17.2 Å². The summed E-state index contributed by atoms with van der Waals surface area (Å²) in [5.41, 5.74) is 1.67. The van der Waals surface area contributed by atoms with Gasteiger partial charge in [0.15, 0.2) is 18.1 Å². The summed E-state index contributed by atoms with van der Waals surface area (Å²) in [6.07, 6.45) is 1.48. The fourth-order valence-corrected chi connectivity index (χ4v) is 2.69. The SMILES string of the molecule is CC(NC(=O)COc1cccc(-n2cnnn2)c1)c1ccc2c(c1)OCO2. The predicted octanol–water partition coefficient (Wildman–Crippen LogP) is 1.65. The van der Waals surface area contributed by atoms with Gasteiger partial charge in [-0.2, -0.15) is 0 Å². The Morgan fingerprint density at radius 1 is 1.26 bits per heavy atom. The number of nitrogens with one attached hydrogen (secondary N) is 1. The van der Waals surface area contributed by atoms with E-state index in [9.17, 15) is 4.79 Å². The number of tetrazole rings is 1. The first kappa shape index (κ1) is 16.8. The van der Waals surface area contributed by atoms with Crippen LogP contribution in [0.15, 0.2) is 48.8 Å². The lowest BCUT2D eigenvalue weighted by Crippen LogP contribution is -2.31. The molecule has 0 saturated heterocycles. The van der Waals surface area contributed by atoms with Crippen molar-refractivity contribution in [2.24, 2.45) is 0 Å². The van der Waals surface area contributed by atoms with E-state index >= 15 is 0 Å². The molecule has 9 nitrogen and oxygen atoms in total. The van der Waals surface area contributed by atoms with Gasteiger partial charge in [-0.1, -0.05) is 12.1 Å². The van der Waals surface area contributed by atoms with Crippen LogP contribution in [0, 0.1) is 0 Å². The first-order valence-corrected chi connectivity index (χ1v) is 8.34. The number of rotatable bonds is 6.